The number of anilines is 2. The molecule has 1 unspecified atom stereocenters. The van der Waals surface area contributed by atoms with Gasteiger partial charge in [-0.1, -0.05) is 42.5 Å². The first-order chi connectivity index (χ1) is 23.6. The van der Waals surface area contributed by atoms with Crippen molar-refractivity contribution in [3.63, 3.8) is 0 Å². The number of nitro groups is 2. The number of aromatic nitrogens is 1. The van der Waals surface area contributed by atoms with Crippen molar-refractivity contribution in [3.8, 4) is 11.3 Å². The molecule has 15 heteroatoms. The number of hydrogen-bond donors (Lipinski definition) is 3. The van der Waals surface area contributed by atoms with Crippen molar-refractivity contribution in [3.05, 3.63) is 146 Å². The lowest BCUT2D eigenvalue weighted by atomic mass is 10.1. The summed E-state index contributed by atoms with van der Waals surface area (Å²) in [6.45, 7) is 1.72. The topological polar surface area (TPSA) is 186 Å². The van der Waals surface area contributed by atoms with E-state index in [1.807, 2.05) is 0 Å². The van der Waals surface area contributed by atoms with Gasteiger partial charge in [-0.2, -0.15) is 0 Å². The highest BCUT2D eigenvalue weighted by Gasteiger charge is 2.20. The van der Waals surface area contributed by atoms with Crippen molar-refractivity contribution in [2.75, 3.05) is 10.6 Å². The fourth-order valence-electron chi connectivity index (χ4n) is 4.40. The largest absolute Gasteiger partial charge is 0.321 e. The fraction of sp³-hybridized carbons (Fsp3) is 0.0588. The number of amides is 3. The van der Waals surface area contributed by atoms with E-state index in [0.29, 0.717) is 27.6 Å². The summed E-state index contributed by atoms with van der Waals surface area (Å²) in [6.07, 6.45) is 1.24. The molecule has 49 heavy (non-hydrogen) atoms. The maximum absolute atomic E-state index is 13.4. The van der Waals surface area contributed by atoms with Crippen LogP contribution in [0.25, 0.3) is 17.3 Å². The molecule has 3 N–H and O–H groups in total. The highest BCUT2D eigenvalue weighted by atomic mass is 32.2. The Labute approximate surface area is 287 Å². The van der Waals surface area contributed by atoms with Gasteiger partial charge in [-0.3, -0.25) is 34.6 Å². The zero-order valence-corrected chi connectivity index (χ0v) is 27.2. The van der Waals surface area contributed by atoms with Gasteiger partial charge in [-0.25, -0.2) is 4.98 Å². The molecule has 0 bridgehead atoms. The highest BCUT2D eigenvalue weighted by molar-refractivity contribution is 8.00. The number of carbonyl (C=O) groups is 3. The number of carbonyl (C=O) groups excluding carboxylic acids is 3. The second-order valence-electron chi connectivity index (χ2n) is 10.3. The lowest BCUT2D eigenvalue weighted by Crippen LogP contribution is -2.30. The van der Waals surface area contributed by atoms with E-state index >= 15 is 0 Å². The Hall–Kier alpha value is -6.19. The van der Waals surface area contributed by atoms with Gasteiger partial charge in [0.05, 0.1) is 26.4 Å². The summed E-state index contributed by atoms with van der Waals surface area (Å²) in [5.74, 6) is -1.58. The fourth-order valence-corrected chi connectivity index (χ4v) is 5.99. The van der Waals surface area contributed by atoms with Crippen LogP contribution in [-0.2, 0) is 9.59 Å². The molecule has 246 valence electrons. The molecule has 13 nitrogen and oxygen atoms in total. The molecule has 1 aromatic heterocycles. The summed E-state index contributed by atoms with van der Waals surface area (Å²) in [7, 11) is 0. The molecule has 0 saturated heterocycles. The molecule has 1 heterocycles. The van der Waals surface area contributed by atoms with E-state index in [9.17, 15) is 34.6 Å². The molecule has 5 rings (SSSR count). The molecule has 3 amide bonds. The maximum Gasteiger partial charge on any atom is 0.276 e. The van der Waals surface area contributed by atoms with Gasteiger partial charge in [0.25, 0.3) is 23.2 Å². The number of benzene rings is 4. The molecule has 0 aliphatic carbocycles. The quantitative estimate of drug-likeness (QED) is 0.0527. The molecule has 0 aliphatic rings. The van der Waals surface area contributed by atoms with E-state index < -0.39 is 26.9 Å². The maximum atomic E-state index is 13.4. The predicted molar refractivity (Wildman–Crippen MR) is 188 cm³/mol. The Morgan fingerprint density at radius 1 is 0.857 bits per heavy atom. The molecule has 1 atom stereocenters. The molecule has 0 saturated carbocycles. The standard InChI is InChI=1S/C34H26N6O7S2/c1-21(31(41)38-34-37-29(20-48-34)23-11-7-12-26(18-23)39(44)45)49-27-16-14-25(15-17-27)35-33(43)28(36-32(42)22-8-3-2-4-9-22)19-24-10-5-6-13-30(24)40(46)47/h2-21H,1H3,(H,35,43)(H,36,42)(H,37,38,41)/b28-19-. The minimum atomic E-state index is -0.705. The van der Waals surface area contributed by atoms with Gasteiger partial charge in [-0.15, -0.1) is 23.1 Å². The first-order valence-electron chi connectivity index (χ1n) is 14.5. The minimum Gasteiger partial charge on any atom is -0.321 e. The van der Waals surface area contributed by atoms with E-state index in [2.05, 4.69) is 20.9 Å². The Bertz CT molecular complexity index is 2070. The number of thiazole rings is 1. The highest BCUT2D eigenvalue weighted by Crippen LogP contribution is 2.30. The van der Waals surface area contributed by atoms with Gasteiger partial charge in [0, 0.05) is 45.3 Å². The monoisotopic (exact) mass is 694 g/mol. The van der Waals surface area contributed by atoms with Gasteiger partial charge >= 0.3 is 0 Å². The number of nitrogens with zero attached hydrogens (tertiary/aromatic N) is 3. The van der Waals surface area contributed by atoms with E-state index in [0.717, 1.165) is 4.90 Å². The smallest absolute Gasteiger partial charge is 0.276 e. The van der Waals surface area contributed by atoms with Gasteiger partial charge in [0.1, 0.15) is 5.70 Å². The number of hydrogen-bond acceptors (Lipinski definition) is 10. The summed E-state index contributed by atoms with van der Waals surface area (Å²) in [6, 6.07) is 26.8. The first kappa shape index (κ1) is 34.2. The van der Waals surface area contributed by atoms with Crippen LogP contribution in [0, 0.1) is 20.2 Å². The van der Waals surface area contributed by atoms with Crippen LogP contribution in [0.5, 0.6) is 0 Å². The number of nitrogens with one attached hydrogen (secondary N) is 3. The molecule has 0 fully saturated rings. The Morgan fingerprint density at radius 2 is 1.57 bits per heavy atom. The lowest BCUT2D eigenvalue weighted by molar-refractivity contribution is -0.385. The molecule has 0 aliphatic heterocycles. The predicted octanol–water partition coefficient (Wildman–Crippen LogP) is 7.16. The third-order valence-electron chi connectivity index (χ3n) is 6.84. The summed E-state index contributed by atoms with van der Waals surface area (Å²) in [5, 5.41) is 32.2. The van der Waals surface area contributed by atoms with Gasteiger partial charge in [0.2, 0.25) is 5.91 Å². The number of rotatable bonds is 12. The Balaban J connectivity index is 1.24. The van der Waals surface area contributed by atoms with Crippen LogP contribution in [-0.4, -0.2) is 37.8 Å². The third kappa shape index (κ3) is 9.00. The van der Waals surface area contributed by atoms with Crippen molar-refractivity contribution in [2.24, 2.45) is 0 Å². The molecule has 4 aromatic carbocycles. The number of para-hydroxylation sites is 1. The molecular weight excluding hydrogens is 669 g/mol. The van der Waals surface area contributed by atoms with Crippen LogP contribution in [0.3, 0.4) is 0 Å². The van der Waals surface area contributed by atoms with Crippen LogP contribution in [0.4, 0.5) is 22.2 Å². The van der Waals surface area contributed by atoms with Crippen LogP contribution in [0.15, 0.2) is 119 Å². The van der Waals surface area contributed by atoms with E-state index in [4.69, 9.17) is 0 Å². The average molecular weight is 695 g/mol. The minimum absolute atomic E-state index is 0.0584. The average Bonchev–Trinajstić information content (AvgIpc) is 3.57. The summed E-state index contributed by atoms with van der Waals surface area (Å²) >= 11 is 2.47. The summed E-state index contributed by atoms with van der Waals surface area (Å²) in [4.78, 5) is 65.9. The SMILES string of the molecule is CC(Sc1ccc(NC(=O)/C(=C/c2ccccc2[N+](=O)[O-])NC(=O)c2ccccc2)cc1)C(=O)Nc1nc(-c2cccc([N+](=O)[O-])c2)cs1. The molecule has 0 spiro atoms. The van der Waals surface area contributed by atoms with Crippen LogP contribution < -0.4 is 16.0 Å². The van der Waals surface area contributed by atoms with Gasteiger partial charge < -0.3 is 16.0 Å². The van der Waals surface area contributed by atoms with E-state index in [1.54, 1.807) is 85.1 Å². The lowest BCUT2D eigenvalue weighted by Gasteiger charge is -2.13. The first-order valence-corrected chi connectivity index (χ1v) is 16.2. The molecular formula is C34H26N6O7S2. The van der Waals surface area contributed by atoms with Crippen molar-refractivity contribution in [2.45, 2.75) is 17.1 Å². The summed E-state index contributed by atoms with van der Waals surface area (Å²) in [5.41, 5.74) is 1.36. The van der Waals surface area contributed by atoms with E-state index in [-0.39, 0.29) is 28.5 Å². The van der Waals surface area contributed by atoms with Crippen LogP contribution in [0.2, 0.25) is 0 Å². The number of non-ortho nitro benzene ring substituents is 1. The Morgan fingerprint density at radius 3 is 2.29 bits per heavy atom. The van der Waals surface area contributed by atoms with Crippen molar-refractivity contribution in [1.29, 1.82) is 0 Å². The van der Waals surface area contributed by atoms with Crippen molar-refractivity contribution < 1.29 is 24.2 Å². The van der Waals surface area contributed by atoms with E-state index in [1.165, 1.54) is 59.5 Å². The number of nitro benzene ring substituents is 2. The Kier molecular flexibility index (Phi) is 10.9. The number of thioether (sulfide) groups is 1. The normalized spacial score (nSPS) is 11.7. The molecule has 5 aromatic rings. The van der Waals surface area contributed by atoms with Crippen molar-refractivity contribution >= 4 is 69.1 Å². The second kappa shape index (κ2) is 15.6. The third-order valence-corrected chi connectivity index (χ3v) is 8.71. The van der Waals surface area contributed by atoms with Gasteiger partial charge in [0.15, 0.2) is 5.13 Å². The zero-order valence-electron chi connectivity index (χ0n) is 25.6. The van der Waals surface area contributed by atoms with Crippen molar-refractivity contribution in [1.82, 2.24) is 10.3 Å². The summed E-state index contributed by atoms with van der Waals surface area (Å²) < 4.78 is 0. The zero-order chi connectivity index (χ0) is 34.9. The second-order valence-corrected chi connectivity index (χ2v) is 12.5. The van der Waals surface area contributed by atoms with Gasteiger partial charge in [-0.05, 0) is 55.5 Å². The van der Waals surface area contributed by atoms with Crippen LogP contribution >= 0.6 is 23.1 Å². The van der Waals surface area contributed by atoms with Crippen LogP contribution in [0.1, 0.15) is 22.8 Å². The molecule has 0 radical (unpaired) electrons.